The van der Waals surface area contributed by atoms with Crippen molar-refractivity contribution in [2.24, 2.45) is 0 Å². The molecule has 0 unspecified atom stereocenters. The second-order valence-electron chi connectivity index (χ2n) is 3.81. The van der Waals surface area contributed by atoms with Gasteiger partial charge in [-0.15, -0.1) is 0 Å². The largest absolute Gasteiger partial charge is 0.493 e. The van der Waals surface area contributed by atoms with Crippen LogP contribution in [-0.2, 0) is 4.79 Å². The molecule has 0 bridgehead atoms. The predicted octanol–water partition coefficient (Wildman–Crippen LogP) is 1.06. The summed E-state index contributed by atoms with van der Waals surface area (Å²) in [5.74, 6) is 1.22. The number of methoxy groups -OCH3 is 3. The van der Waals surface area contributed by atoms with Gasteiger partial charge in [-0.3, -0.25) is 4.79 Å². The molecular weight excluding hydrogens is 250 g/mol. The second-order valence-corrected chi connectivity index (χ2v) is 3.81. The number of hydrogen-bond donors (Lipinski definition) is 1. The van der Waals surface area contributed by atoms with Gasteiger partial charge in [-0.1, -0.05) is 0 Å². The third-order valence-corrected chi connectivity index (χ3v) is 2.74. The van der Waals surface area contributed by atoms with Gasteiger partial charge in [0.2, 0.25) is 11.7 Å². The number of carbonyl (C=O) groups is 1. The molecule has 1 amide bonds. The minimum Gasteiger partial charge on any atom is -0.493 e. The van der Waals surface area contributed by atoms with Gasteiger partial charge in [-0.05, 0) is 0 Å². The molecule has 0 fully saturated rings. The van der Waals surface area contributed by atoms with Crippen molar-refractivity contribution in [1.29, 1.82) is 0 Å². The van der Waals surface area contributed by atoms with E-state index in [-0.39, 0.29) is 18.9 Å². The SMILES string of the molecule is COc1cc(N(C)C(=O)CCO)cc(OC)c1OC. The summed E-state index contributed by atoms with van der Waals surface area (Å²) in [5.41, 5.74) is 0.605. The van der Waals surface area contributed by atoms with Crippen molar-refractivity contribution in [1.82, 2.24) is 0 Å². The maximum atomic E-state index is 11.8. The van der Waals surface area contributed by atoms with Gasteiger partial charge in [0.25, 0.3) is 0 Å². The second kappa shape index (κ2) is 6.84. The lowest BCUT2D eigenvalue weighted by Gasteiger charge is -2.20. The van der Waals surface area contributed by atoms with E-state index < -0.39 is 0 Å². The summed E-state index contributed by atoms with van der Waals surface area (Å²) in [6.07, 6.45) is 0.0627. The third-order valence-electron chi connectivity index (χ3n) is 2.74. The normalized spacial score (nSPS) is 9.95. The molecule has 0 atom stereocenters. The van der Waals surface area contributed by atoms with E-state index in [0.29, 0.717) is 22.9 Å². The van der Waals surface area contributed by atoms with Gasteiger partial charge in [0, 0.05) is 19.2 Å². The van der Waals surface area contributed by atoms with E-state index >= 15 is 0 Å². The molecular formula is C13H19NO5. The number of nitrogens with zero attached hydrogens (tertiary/aromatic N) is 1. The van der Waals surface area contributed by atoms with Crippen LogP contribution in [0.2, 0.25) is 0 Å². The number of benzene rings is 1. The summed E-state index contributed by atoms with van der Waals surface area (Å²) in [7, 11) is 6.16. The zero-order valence-electron chi connectivity index (χ0n) is 11.6. The fourth-order valence-corrected chi connectivity index (χ4v) is 1.67. The van der Waals surface area contributed by atoms with Crippen molar-refractivity contribution in [3.8, 4) is 17.2 Å². The van der Waals surface area contributed by atoms with Crippen molar-refractivity contribution >= 4 is 11.6 Å². The summed E-state index contributed by atoms with van der Waals surface area (Å²) < 4.78 is 15.6. The highest BCUT2D eigenvalue weighted by Crippen LogP contribution is 2.40. The summed E-state index contributed by atoms with van der Waals surface area (Å²) in [6, 6.07) is 3.35. The molecule has 1 aromatic rings. The van der Waals surface area contributed by atoms with Crippen LogP contribution in [0.4, 0.5) is 5.69 Å². The van der Waals surface area contributed by atoms with Crippen molar-refractivity contribution in [3.05, 3.63) is 12.1 Å². The van der Waals surface area contributed by atoms with E-state index in [1.54, 1.807) is 19.2 Å². The highest BCUT2D eigenvalue weighted by molar-refractivity contribution is 5.93. The topological polar surface area (TPSA) is 68.2 Å². The van der Waals surface area contributed by atoms with E-state index in [2.05, 4.69) is 0 Å². The first kappa shape index (κ1) is 15.1. The number of carbonyl (C=O) groups excluding carboxylic acids is 1. The van der Waals surface area contributed by atoms with Crippen LogP contribution >= 0.6 is 0 Å². The molecule has 1 aromatic carbocycles. The lowest BCUT2D eigenvalue weighted by atomic mass is 10.2. The van der Waals surface area contributed by atoms with Crippen LogP contribution in [0.1, 0.15) is 6.42 Å². The van der Waals surface area contributed by atoms with Gasteiger partial charge in [0.15, 0.2) is 11.5 Å². The molecule has 0 saturated carbocycles. The number of aliphatic hydroxyl groups excluding tert-OH is 1. The number of rotatable bonds is 6. The van der Waals surface area contributed by atoms with Crippen molar-refractivity contribution in [2.45, 2.75) is 6.42 Å². The first-order valence-electron chi connectivity index (χ1n) is 5.76. The standard InChI is InChI=1S/C13H19NO5/c1-14(12(16)5-6-15)9-7-10(17-2)13(19-4)11(8-9)18-3/h7-8,15H,5-6H2,1-4H3. The van der Waals surface area contributed by atoms with E-state index in [1.807, 2.05) is 0 Å². The van der Waals surface area contributed by atoms with Crippen LogP contribution in [0.15, 0.2) is 12.1 Å². The van der Waals surface area contributed by atoms with Gasteiger partial charge >= 0.3 is 0 Å². The fourth-order valence-electron chi connectivity index (χ4n) is 1.67. The molecule has 0 saturated heterocycles. The minimum atomic E-state index is -0.197. The zero-order valence-corrected chi connectivity index (χ0v) is 11.6. The van der Waals surface area contributed by atoms with Crippen LogP contribution in [0.3, 0.4) is 0 Å². The number of anilines is 1. The van der Waals surface area contributed by atoms with E-state index in [9.17, 15) is 4.79 Å². The number of hydrogen-bond acceptors (Lipinski definition) is 5. The van der Waals surface area contributed by atoms with Crippen LogP contribution in [0, 0.1) is 0 Å². The van der Waals surface area contributed by atoms with E-state index in [0.717, 1.165) is 0 Å². The smallest absolute Gasteiger partial charge is 0.229 e. The van der Waals surface area contributed by atoms with Crippen LogP contribution < -0.4 is 19.1 Å². The lowest BCUT2D eigenvalue weighted by molar-refractivity contribution is -0.118. The minimum absolute atomic E-state index is 0.0627. The van der Waals surface area contributed by atoms with Gasteiger partial charge in [0.05, 0.1) is 40.0 Å². The maximum absolute atomic E-state index is 11.8. The summed E-state index contributed by atoms with van der Waals surface area (Å²) >= 11 is 0. The number of aliphatic hydroxyl groups is 1. The van der Waals surface area contributed by atoms with Gasteiger partial charge in [-0.2, -0.15) is 0 Å². The van der Waals surface area contributed by atoms with E-state index in [1.165, 1.54) is 26.2 Å². The maximum Gasteiger partial charge on any atom is 0.229 e. The molecule has 0 spiro atoms. The van der Waals surface area contributed by atoms with Gasteiger partial charge < -0.3 is 24.2 Å². The Morgan fingerprint density at radius 2 is 1.68 bits per heavy atom. The summed E-state index contributed by atoms with van der Waals surface area (Å²) in [4.78, 5) is 13.2. The van der Waals surface area contributed by atoms with Crippen molar-refractivity contribution in [2.75, 3.05) is 39.9 Å². The Kier molecular flexibility index (Phi) is 5.44. The molecule has 1 rings (SSSR count). The van der Waals surface area contributed by atoms with Gasteiger partial charge in [0.1, 0.15) is 0 Å². The Morgan fingerprint density at radius 3 is 2.05 bits per heavy atom. The third kappa shape index (κ3) is 3.29. The first-order valence-corrected chi connectivity index (χ1v) is 5.76. The molecule has 0 aliphatic rings. The molecule has 6 nitrogen and oxygen atoms in total. The van der Waals surface area contributed by atoms with Crippen molar-refractivity contribution in [3.63, 3.8) is 0 Å². The monoisotopic (exact) mass is 269 g/mol. The molecule has 0 heterocycles. The van der Waals surface area contributed by atoms with Crippen LogP contribution in [-0.4, -0.2) is 46.0 Å². The number of ether oxygens (including phenoxy) is 3. The Bertz CT molecular complexity index is 422. The van der Waals surface area contributed by atoms with Crippen LogP contribution in [0.25, 0.3) is 0 Å². The molecule has 0 radical (unpaired) electrons. The average Bonchev–Trinajstić information content (AvgIpc) is 2.44. The molecule has 106 valence electrons. The molecule has 0 aliphatic heterocycles. The van der Waals surface area contributed by atoms with Crippen molar-refractivity contribution < 1.29 is 24.1 Å². The fraction of sp³-hybridized carbons (Fsp3) is 0.462. The molecule has 0 aromatic heterocycles. The lowest BCUT2D eigenvalue weighted by Crippen LogP contribution is -2.26. The molecule has 19 heavy (non-hydrogen) atoms. The highest BCUT2D eigenvalue weighted by Gasteiger charge is 2.17. The Morgan fingerprint density at radius 1 is 1.16 bits per heavy atom. The first-order chi connectivity index (χ1) is 9.08. The average molecular weight is 269 g/mol. The van der Waals surface area contributed by atoms with Gasteiger partial charge in [-0.25, -0.2) is 0 Å². The Hall–Kier alpha value is -1.95. The van der Waals surface area contributed by atoms with Crippen LogP contribution in [0.5, 0.6) is 17.2 Å². The zero-order chi connectivity index (χ0) is 14.4. The quantitative estimate of drug-likeness (QED) is 0.836. The molecule has 0 aliphatic carbocycles. The molecule has 6 heteroatoms. The number of amides is 1. The summed E-state index contributed by atoms with van der Waals surface area (Å²) in [6.45, 7) is -0.187. The highest BCUT2D eigenvalue weighted by atomic mass is 16.5. The predicted molar refractivity (Wildman–Crippen MR) is 71.2 cm³/mol. The van der Waals surface area contributed by atoms with E-state index in [4.69, 9.17) is 19.3 Å². The Labute approximate surface area is 112 Å². The summed E-state index contributed by atoms with van der Waals surface area (Å²) in [5, 5.41) is 8.80. The molecule has 1 N–H and O–H groups in total. The Balaban J connectivity index is 3.18.